The number of carbonyl (C=O) groups excluding carboxylic acids is 1. The van der Waals surface area contributed by atoms with E-state index in [1.165, 1.54) is 5.56 Å². The molecular formula is C29H27N5OS. The minimum Gasteiger partial charge on any atom is -0.366 e. The number of nitrogens with zero attached hydrogens (tertiary/aromatic N) is 4. The SMILES string of the molecule is Cc1ccc(CN(C)C)cc1N(c1ccc(C(N)=O)cc1)c1nc(-c2cccs2)c2ccccc2n1. The first-order valence-electron chi connectivity index (χ1n) is 11.7. The summed E-state index contributed by atoms with van der Waals surface area (Å²) < 4.78 is 0. The van der Waals surface area contributed by atoms with E-state index in [-0.39, 0.29) is 0 Å². The third kappa shape index (κ3) is 4.71. The monoisotopic (exact) mass is 493 g/mol. The summed E-state index contributed by atoms with van der Waals surface area (Å²) in [6.45, 7) is 2.89. The molecule has 1 amide bonds. The molecule has 6 nitrogen and oxygen atoms in total. The van der Waals surface area contributed by atoms with Crippen molar-refractivity contribution in [3.63, 3.8) is 0 Å². The molecule has 5 rings (SSSR count). The normalized spacial score (nSPS) is 11.2. The van der Waals surface area contributed by atoms with E-state index in [4.69, 9.17) is 15.7 Å². The molecule has 36 heavy (non-hydrogen) atoms. The average molecular weight is 494 g/mol. The summed E-state index contributed by atoms with van der Waals surface area (Å²) in [5.41, 5.74) is 11.8. The number of rotatable bonds is 7. The zero-order valence-electron chi connectivity index (χ0n) is 20.5. The number of aryl methyl sites for hydroxylation is 1. The standard InChI is InChI=1S/C29H27N5OS/c1-19-10-11-20(18-33(2)3)17-25(19)34(22-14-12-21(13-15-22)28(30)35)29-31-24-8-5-4-7-23(24)27(32-29)26-9-6-16-36-26/h4-17H,18H2,1-3H3,(H2,30,35). The Labute approximate surface area is 214 Å². The molecule has 0 aliphatic heterocycles. The molecule has 0 aliphatic carbocycles. The number of fused-ring (bicyclic) bond motifs is 1. The van der Waals surface area contributed by atoms with Crippen LogP contribution in [0.3, 0.4) is 0 Å². The van der Waals surface area contributed by atoms with Crippen LogP contribution in [0.4, 0.5) is 17.3 Å². The number of nitrogens with two attached hydrogens (primary N) is 1. The van der Waals surface area contributed by atoms with Gasteiger partial charge in [0, 0.05) is 23.2 Å². The van der Waals surface area contributed by atoms with Crippen molar-refractivity contribution in [1.82, 2.24) is 14.9 Å². The molecule has 0 saturated heterocycles. The number of hydrogen-bond donors (Lipinski definition) is 1. The van der Waals surface area contributed by atoms with Gasteiger partial charge in [0.25, 0.3) is 0 Å². The smallest absolute Gasteiger partial charge is 0.248 e. The highest BCUT2D eigenvalue weighted by molar-refractivity contribution is 7.13. The second-order valence-corrected chi connectivity index (χ2v) is 9.92. The third-order valence-electron chi connectivity index (χ3n) is 5.97. The van der Waals surface area contributed by atoms with Gasteiger partial charge in [-0.3, -0.25) is 9.69 Å². The summed E-state index contributed by atoms with van der Waals surface area (Å²) in [5.74, 6) is 0.105. The molecule has 0 bridgehead atoms. The number of anilines is 3. The largest absolute Gasteiger partial charge is 0.366 e. The van der Waals surface area contributed by atoms with Gasteiger partial charge in [0.2, 0.25) is 11.9 Å². The van der Waals surface area contributed by atoms with Gasteiger partial charge >= 0.3 is 0 Å². The van der Waals surface area contributed by atoms with E-state index in [0.717, 1.165) is 45.0 Å². The van der Waals surface area contributed by atoms with E-state index >= 15 is 0 Å². The molecule has 2 aromatic heterocycles. The quantitative estimate of drug-likeness (QED) is 0.288. The predicted octanol–water partition coefficient (Wildman–Crippen LogP) is 6.30. The van der Waals surface area contributed by atoms with Gasteiger partial charge < -0.3 is 10.6 Å². The lowest BCUT2D eigenvalue weighted by Crippen LogP contribution is -2.17. The molecule has 7 heteroatoms. The molecule has 0 unspecified atom stereocenters. The maximum atomic E-state index is 11.7. The summed E-state index contributed by atoms with van der Waals surface area (Å²) in [5, 5.41) is 3.06. The van der Waals surface area contributed by atoms with Gasteiger partial charge in [-0.05, 0) is 80.0 Å². The maximum Gasteiger partial charge on any atom is 0.248 e. The number of carbonyl (C=O) groups is 1. The topological polar surface area (TPSA) is 75.3 Å². The Morgan fingerprint density at radius 1 is 0.944 bits per heavy atom. The summed E-state index contributed by atoms with van der Waals surface area (Å²) in [4.78, 5) is 27.1. The van der Waals surface area contributed by atoms with Gasteiger partial charge in [-0.15, -0.1) is 11.3 Å². The molecule has 0 aliphatic rings. The van der Waals surface area contributed by atoms with Gasteiger partial charge in [-0.25, -0.2) is 9.97 Å². The molecule has 0 spiro atoms. The lowest BCUT2D eigenvalue weighted by Gasteiger charge is -2.26. The summed E-state index contributed by atoms with van der Waals surface area (Å²) in [6.07, 6.45) is 0. The van der Waals surface area contributed by atoms with Crippen molar-refractivity contribution < 1.29 is 4.79 Å². The van der Waals surface area contributed by atoms with Crippen molar-refractivity contribution >= 4 is 45.5 Å². The Morgan fingerprint density at radius 3 is 2.42 bits per heavy atom. The van der Waals surface area contributed by atoms with Crippen LogP contribution in [0.5, 0.6) is 0 Å². The molecule has 5 aromatic rings. The van der Waals surface area contributed by atoms with E-state index in [0.29, 0.717) is 11.5 Å². The van der Waals surface area contributed by atoms with Crippen molar-refractivity contribution in [2.75, 3.05) is 19.0 Å². The number of amides is 1. The first kappa shape index (κ1) is 23.7. The highest BCUT2D eigenvalue weighted by Gasteiger charge is 2.21. The minimum atomic E-state index is -0.459. The first-order valence-corrected chi connectivity index (χ1v) is 12.5. The predicted molar refractivity (Wildman–Crippen MR) is 148 cm³/mol. The molecule has 0 atom stereocenters. The summed E-state index contributed by atoms with van der Waals surface area (Å²) >= 11 is 1.65. The average Bonchev–Trinajstić information content (AvgIpc) is 3.40. The Balaban J connectivity index is 1.76. The highest BCUT2D eigenvalue weighted by atomic mass is 32.1. The fourth-order valence-electron chi connectivity index (χ4n) is 4.26. The fraction of sp³-hybridized carbons (Fsp3) is 0.138. The number of aromatic nitrogens is 2. The lowest BCUT2D eigenvalue weighted by molar-refractivity contribution is 0.100. The Hall–Kier alpha value is -4.07. The van der Waals surface area contributed by atoms with Crippen molar-refractivity contribution in [2.24, 2.45) is 5.73 Å². The Kier molecular flexibility index (Phi) is 6.50. The Morgan fingerprint density at radius 2 is 1.72 bits per heavy atom. The van der Waals surface area contributed by atoms with Crippen molar-refractivity contribution in [3.8, 4) is 10.6 Å². The van der Waals surface area contributed by atoms with Crippen molar-refractivity contribution in [1.29, 1.82) is 0 Å². The molecule has 0 saturated carbocycles. The van der Waals surface area contributed by atoms with Gasteiger partial charge in [0.05, 0.1) is 21.8 Å². The van der Waals surface area contributed by atoms with Crippen LogP contribution in [-0.2, 0) is 6.54 Å². The molecule has 180 valence electrons. The van der Waals surface area contributed by atoms with E-state index in [1.807, 2.05) is 36.4 Å². The van der Waals surface area contributed by atoms with E-state index in [2.05, 4.69) is 66.5 Å². The summed E-state index contributed by atoms with van der Waals surface area (Å²) in [7, 11) is 4.11. The first-order chi connectivity index (χ1) is 17.4. The number of primary amides is 1. The van der Waals surface area contributed by atoms with Gasteiger partial charge in [-0.1, -0.05) is 36.4 Å². The highest BCUT2D eigenvalue weighted by Crippen LogP contribution is 2.38. The number of thiophene rings is 1. The van der Waals surface area contributed by atoms with Gasteiger partial charge in [0.1, 0.15) is 0 Å². The van der Waals surface area contributed by atoms with Crippen LogP contribution >= 0.6 is 11.3 Å². The van der Waals surface area contributed by atoms with E-state index in [9.17, 15) is 4.79 Å². The Bertz CT molecular complexity index is 1530. The zero-order chi connectivity index (χ0) is 25.2. The van der Waals surface area contributed by atoms with Crippen molar-refractivity contribution in [3.05, 3.63) is 101 Å². The third-order valence-corrected chi connectivity index (χ3v) is 6.85. The van der Waals surface area contributed by atoms with Crippen LogP contribution in [0, 0.1) is 6.92 Å². The van der Waals surface area contributed by atoms with Crippen LogP contribution in [0.25, 0.3) is 21.5 Å². The van der Waals surface area contributed by atoms with Gasteiger partial charge in [0.15, 0.2) is 0 Å². The molecule has 2 heterocycles. The number of benzene rings is 3. The van der Waals surface area contributed by atoms with Crippen molar-refractivity contribution in [2.45, 2.75) is 13.5 Å². The maximum absolute atomic E-state index is 11.7. The van der Waals surface area contributed by atoms with Crippen LogP contribution < -0.4 is 10.6 Å². The number of para-hydroxylation sites is 1. The van der Waals surface area contributed by atoms with Crippen LogP contribution in [0.2, 0.25) is 0 Å². The second-order valence-electron chi connectivity index (χ2n) is 8.97. The molecule has 3 aromatic carbocycles. The lowest BCUT2D eigenvalue weighted by atomic mass is 10.1. The molecule has 0 radical (unpaired) electrons. The molecular weight excluding hydrogens is 466 g/mol. The van der Waals surface area contributed by atoms with Crippen LogP contribution in [-0.4, -0.2) is 34.9 Å². The zero-order valence-corrected chi connectivity index (χ0v) is 21.3. The molecule has 0 fully saturated rings. The van der Waals surface area contributed by atoms with E-state index in [1.54, 1.807) is 23.5 Å². The summed E-state index contributed by atoms with van der Waals surface area (Å²) in [6, 6.07) is 25.9. The minimum absolute atomic E-state index is 0.454. The van der Waals surface area contributed by atoms with Gasteiger partial charge in [-0.2, -0.15) is 0 Å². The second kappa shape index (κ2) is 9.89. The number of hydrogen-bond acceptors (Lipinski definition) is 6. The molecule has 2 N–H and O–H groups in total. The van der Waals surface area contributed by atoms with Crippen LogP contribution in [0.1, 0.15) is 21.5 Å². The fourth-order valence-corrected chi connectivity index (χ4v) is 4.99. The van der Waals surface area contributed by atoms with Crippen LogP contribution in [0.15, 0.2) is 84.2 Å². The van der Waals surface area contributed by atoms with E-state index < -0.39 is 5.91 Å².